The molecule has 2 rings (SSSR count). The van der Waals surface area contributed by atoms with Crippen molar-refractivity contribution in [2.24, 2.45) is 17.1 Å². The summed E-state index contributed by atoms with van der Waals surface area (Å²) in [5.74, 6) is 0.561. The summed E-state index contributed by atoms with van der Waals surface area (Å²) in [5.41, 5.74) is 8.75. The van der Waals surface area contributed by atoms with Crippen molar-refractivity contribution in [1.82, 2.24) is 4.90 Å². The molecule has 2 heterocycles. The van der Waals surface area contributed by atoms with E-state index >= 15 is 0 Å². The number of nitrogens with two attached hydrogens (primary N) is 1. The van der Waals surface area contributed by atoms with Crippen LogP contribution in [0, 0.1) is 11.3 Å². The van der Waals surface area contributed by atoms with Gasteiger partial charge >= 0.3 is 0 Å². The van der Waals surface area contributed by atoms with Gasteiger partial charge in [-0.3, -0.25) is 0 Å². The Labute approximate surface area is 123 Å². The van der Waals surface area contributed by atoms with Crippen molar-refractivity contribution in [3.8, 4) is 0 Å². The van der Waals surface area contributed by atoms with Crippen LogP contribution in [0.25, 0.3) is 0 Å². The molecule has 2 aliphatic rings. The smallest absolute Gasteiger partial charge is 0.0703 e. The molecule has 0 radical (unpaired) electrons. The summed E-state index contributed by atoms with van der Waals surface area (Å²) in [6.07, 6.45) is 13.5. The molecule has 0 spiro atoms. The molecule has 0 aromatic rings. The molecular weight excluding hydrogens is 244 g/mol. The van der Waals surface area contributed by atoms with Gasteiger partial charge in [-0.2, -0.15) is 0 Å². The van der Waals surface area contributed by atoms with Gasteiger partial charge in [0, 0.05) is 23.4 Å². The Morgan fingerprint density at radius 1 is 1.15 bits per heavy atom. The fourth-order valence-corrected chi connectivity index (χ4v) is 2.43. The van der Waals surface area contributed by atoms with Crippen molar-refractivity contribution >= 4 is 0 Å². The van der Waals surface area contributed by atoms with E-state index in [1.165, 1.54) is 11.1 Å². The largest absolute Gasteiger partial charge is 0.344 e. The van der Waals surface area contributed by atoms with Crippen molar-refractivity contribution in [3.05, 3.63) is 47.9 Å². The molecule has 2 aliphatic heterocycles. The fraction of sp³-hybridized carbons (Fsp3) is 0.556. The van der Waals surface area contributed by atoms with E-state index < -0.39 is 0 Å². The van der Waals surface area contributed by atoms with Crippen LogP contribution in [-0.4, -0.2) is 16.5 Å². The quantitative estimate of drug-likeness (QED) is 0.842. The highest BCUT2D eigenvalue weighted by atomic mass is 15.1. The van der Waals surface area contributed by atoms with Crippen molar-refractivity contribution in [2.75, 3.05) is 0 Å². The first-order valence-corrected chi connectivity index (χ1v) is 7.49. The Morgan fingerprint density at radius 3 is 2.35 bits per heavy atom. The molecular formula is C18H28N2. The van der Waals surface area contributed by atoms with E-state index in [4.69, 9.17) is 5.73 Å². The monoisotopic (exact) mass is 272 g/mol. The third-order valence-electron chi connectivity index (χ3n) is 4.90. The highest BCUT2D eigenvalue weighted by molar-refractivity contribution is 5.39. The number of fused-ring (bicyclic) bond motifs is 1. The second-order valence-electron chi connectivity index (χ2n) is 7.37. The van der Waals surface area contributed by atoms with Crippen molar-refractivity contribution in [2.45, 2.75) is 53.1 Å². The molecule has 2 heteroatoms. The predicted octanol–water partition coefficient (Wildman–Crippen LogP) is 3.98. The number of rotatable bonds is 3. The van der Waals surface area contributed by atoms with Gasteiger partial charge in [0.15, 0.2) is 0 Å². The SMILES string of the molecule is CC(C)C1=CN2C=CC(C(C)(C)C(C)(C)N)=CC2C=C1. The Bertz CT molecular complexity index is 496. The van der Waals surface area contributed by atoms with E-state index in [2.05, 4.69) is 83.1 Å². The van der Waals surface area contributed by atoms with Crippen LogP contribution >= 0.6 is 0 Å². The average molecular weight is 272 g/mol. The van der Waals surface area contributed by atoms with Gasteiger partial charge in [-0.25, -0.2) is 0 Å². The maximum absolute atomic E-state index is 6.36. The van der Waals surface area contributed by atoms with Crippen LogP contribution in [0.4, 0.5) is 0 Å². The second-order valence-corrected chi connectivity index (χ2v) is 7.37. The minimum atomic E-state index is -0.247. The van der Waals surface area contributed by atoms with Crippen LogP contribution in [0.5, 0.6) is 0 Å². The van der Waals surface area contributed by atoms with Crippen LogP contribution in [0.2, 0.25) is 0 Å². The topological polar surface area (TPSA) is 29.3 Å². The number of hydrogen-bond acceptors (Lipinski definition) is 2. The summed E-state index contributed by atoms with van der Waals surface area (Å²) in [6, 6.07) is 0.319. The summed E-state index contributed by atoms with van der Waals surface area (Å²) in [7, 11) is 0. The maximum Gasteiger partial charge on any atom is 0.0703 e. The summed E-state index contributed by atoms with van der Waals surface area (Å²) in [4.78, 5) is 2.28. The Kier molecular flexibility index (Phi) is 3.72. The standard InChI is InChI=1S/C18H28N2/c1-13(2)14-7-8-16-11-15(9-10-20(16)12-14)17(3,4)18(5,6)19/h7-13,16H,19H2,1-6H3. The van der Waals surface area contributed by atoms with E-state index in [1.54, 1.807) is 0 Å². The van der Waals surface area contributed by atoms with Crippen LogP contribution < -0.4 is 5.73 Å². The predicted molar refractivity (Wildman–Crippen MR) is 87.0 cm³/mol. The summed E-state index contributed by atoms with van der Waals surface area (Å²) >= 11 is 0. The van der Waals surface area contributed by atoms with Gasteiger partial charge in [0.1, 0.15) is 0 Å². The molecule has 0 amide bonds. The van der Waals surface area contributed by atoms with Gasteiger partial charge in [-0.05, 0) is 37.0 Å². The van der Waals surface area contributed by atoms with E-state index in [9.17, 15) is 0 Å². The molecule has 0 aliphatic carbocycles. The lowest BCUT2D eigenvalue weighted by Crippen LogP contribution is -2.49. The number of allylic oxidation sites excluding steroid dienone is 3. The molecule has 0 bridgehead atoms. The lowest BCUT2D eigenvalue weighted by Gasteiger charge is -2.42. The van der Waals surface area contributed by atoms with Gasteiger partial charge < -0.3 is 10.6 Å². The molecule has 2 nitrogen and oxygen atoms in total. The Morgan fingerprint density at radius 2 is 1.80 bits per heavy atom. The van der Waals surface area contributed by atoms with Crippen LogP contribution in [-0.2, 0) is 0 Å². The summed E-state index contributed by atoms with van der Waals surface area (Å²) in [5, 5.41) is 0. The minimum absolute atomic E-state index is 0.0501. The molecule has 0 saturated carbocycles. The third kappa shape index (κ3) is 2.62. The second kappa shape index (κ2) is 4.92. The van der Waals surface area contributed by atoms with Crippen molar-refractivity contribution in [1.29, 1.82) is 0 Å². The molecule has 0 aromatic carbocycles. The molecule has 0 fully saturated rings. The van der Waals surface area contributed by atoms with Crippen molar-refractivity contribution in [3.63, 3.8) is 0 Å². The first-order chi connectivity index (χ1) is 9.13. The highest BCUT2D eigenvalue weighted by Gasteiger charge is 2.37. The maximum atomic E-state index is 6.36. The molecule has 110 valence electrons. The highest BCUT2D eigenvalue weighted by Crippen LogP contribution is 2.39. The zero-order valence-electron chi connectivity index (χ0n) is 13.6. The van der Waals surface area contributed by atoms with E-state index in [0.29, 0.717) is 12.0 Å². The van der Waals surface area contributed by atoms with E-state index in [0.717, 1.165) is 0 Å². The number of nitrogens with zero attached hydrogens (tertiary/aromatic N) is 1. The Hall–Kier alpha value is -1.28. The van der Waals surface area contributed by atoms with Gasteiger partial charge in [-0.15, -0.1) is 0 Å². The third-order valence-corrected chi connectivity index (χ3v) is 4.90. The van der Waals surface area contributed by atoms with Crippen LogP contribution in [0.1, 0.15) is 41.5 Å². The zero-order valence-corrected chi connectivity index (χ0v) is 13.6. The molecule has 20 heavy (non-hydrogen) atoms. The minimum Gasteiger partial charge on any atom is -0.344 e. The molecule has 0 aromatic heterocycles. The zero-order chi connectivity index (χ0) is 15.1. The molecule has 1 atom stereocenters. The van der Waals surface area contributed by atoms with Crippen molar-refractivity contribution < 1.29 is 0 Å². The van der Waals surface area contributed by atoms with Gasteiger partial charge in [0.25, 0.3) is 0 Å². The first kappa shape index (κ1) is 15.1. The molecule has 0 saturated heterocycles. The average Bonchev–Trinajstić information content (AvgIpc) is 2.36. The normalized spacial score (nSPS) is 22.8. The van der Waals surface area contributed by atoms with Crippen LogP contribution in [0.3, 0.4) is 0 Å². The number of hydrogen-bond donors (Lipinski definition) is 1. The first-order valence-electron chi connectivity index (χ1n) is 7.49. The lowest BCUT2D eigenvalue weighted by molar-refractivity contribution is 0.254. The van der Waals surface area contributed by atoms with Gasteiger partial charge in [-0.1, -0.05) is 45.9 Å². The molecule has 1 unspecified atom stereocenters. The van der Waals surface area contributed by atoms with E-state index in [1.807, 2.05) is 0 Å². The molecule has 2 N–H and O–H groups in total. The van der Waals surface area contributed by atoms with Gasteiger partial charge in [0.05, 0.1) is 6.04 Å². The lowest BCUT2D eigenvalue weighted by atomic mass is 9.69. The van der Waals surface area contributed by atoms with Gasteiger partial charge in [0.2, 0.25) is 0 Å². The summed E-state index contributed by atoms with van der Waals surface area (Å²) in [6.45, 7) is 13.1. The van der Waals surface area contributed by atoms with E-state index in [-0.39, 0.29) is 11.0 Å². The fourth-order valence-electron chi connectivity index (χ4n) is 2.43. The summed E-state index contributed by atoms with van der Waals surface area (Å²) < 4.78 is 0. The van der Waals surface area contributed by atoms with Crippen LogP contribution in [0.15, 0.2) is 47.9 Å². The Balaban J connectivity index is 2.27.